The summed E-state index contributed by atoms with van der Waals surface area (Å²) in [6, 6.07) is 23.9. The van der Waals surface area contributed by atoms with Crippen molar-refractivity contribution < 1.29 is 4.39 Å². The number of halogens is 3. The molecule has 0 heterocycles. The minimum Gasteiger partial charge on any atom is -0.207 e. The summed E-state index contributed by atoms with van der Waals surface area (Å²) in [6.45, 7) is 0. The molecule has 0 unspecified atom stereocenters. The molecule has 3 aromatic rings. The van der Waals surface area contributed by atoms with Crippen LogP contribution in [-0.2, 0) is 10.7 Å². The first-order valence-electron chi connectivity index (χ1n) is 7.76. The van der Waals surface area contributed by atoms with E-state index in [0.717, 1.165) is 16.2 Å². The van der Waals surface area contributed by atoms with Gasteiger partial charge in [0.05, 0.1) is 0 Å². The molecule has 0 saturated carbocycles. The average molecular weight is 448 g/mol. The summed E-state index contributed by atoms with van der Waals surface area (Å²) < 4.78 is 13.4. The molecule has 3 heteroatoms. The number of alkyl halides is 2. The minimum atomic E-state index is -0.207. The van der Waals surface area contributed by atoms with Crippen LogP contribution >= 0.6 is 31.9 Å². The zero-order valence-electron chi connectivity index (χ0n) is 13.1. The van der Waals surface area contributed by atoms with Gasteiger partial charge in [-0.2, -0.15) is 0 Å². The third-order valence-electron chi connectivity index (χ3n) is 4.08. The van der Waals surface area contributed by atoms with Gasteiger partial charge in [-0.1, -0.05) is 92.5 Å². The van der Waals surface area contributed by atoms with Gasteiger partial charge in [0.15, 0.2) is 0 Å². The van der Waals surface area contributed by atoms with E-state index in [4.69, 9.17) is 0 Å². The first-order chi connectivity index (χ1) is 11.7. The summed E-state index contributed by atoms with van der Waals surface area (Å²) >= 11 is 7.06. The van der Waals surface area contributed by atoms with Crippen LogP contribution in [0, 0.1) is 5.82 Å². The molecule has 0 aromatic heterocycles. The van der Waals surface area contributed by atoms with Crippen LogP contribution in [0.4, 0.5) is 4.39 Å². The van der Waals surface area contributed by atoms with E-state index in [1.165, 1.54) is 34.4 Å². The Hall–Kier alpha value is -1.45. The topological polar surface area (TPSA) is 0 Å². The molecule has 122 valence electrons. The molecule has 0 aliphatic rings. The Labute approximate surface area is 159 Å². The molecular formula is C21H17Br2F. The van der Waals surface area contributed by atoms with Gasteiger partial charge in [-0.3, -0.25) is 0 Å². The lowest BCUT2D eigenvalue weighted by Gasteiger charge is -2.20. The number of benzene rings is 3. The zero-order valence-corrected chi connectivity index (χ0v) is 16.2. The molecule has 0 nitrogen and oxygen atoms in total. The monoisotopic (exact) mass is 446 g/mol. The van der Waals surface area contributed by atoms with Gasteiger partial charge in [-0.25, -0.2) is 4.39 Å². The zero-order chi connectivity index (χ0) is 16.9. The predicted octanol–water partition coefficient (Wildman–Crippen LogP) is 6.80. The first-order valence-corrected chi connectivity index (χ1v) is 10.0. The number of hydrogen-bond donors (Lipinski definition) is 0. The van der Waals surface area contributed by atoms with Crippen LogP contribution in [0.5, 0.6) is 0 Å². The van der Waals surface area contributed by atoms with Crippen LogP contribution in [0.2, 0.25) is 0 Å². The van der Waals surface area contributed by atoms with Crippen LogP contribution in [-0.4, -0.2) is 0 Å². The van der Waals surface area contributed by atoms with E-state index in [1.54, 1.807) is 0 Å². The molecule has 0 N–H and O–H groups in total. The summed E-state index contributed by atoms with van der Waals surface area (Å²) in [4.78, 5) is 0. The van der Waals surface area contributed by atoms with Gasteiger partial charge in [0, 0.05) is 16.6 Å². The fraction of sp³-hybridized carbons (Fsp3) is 0.143. The van der Waals surface area contributed by atoms with Gasteiger partial charge >= 0.3 is 0 Å². The maximum Gasteiger partial charge on any atom is 0.123 e. The van der Waals surface area contributed by atoms with Gasteiger partial charge < -0.3 is 0 Å². The molecule has 0 aliphatic heterocycles. The maximum absolute atomic E-state index is 13.4. The molecule has 0 spiro atoms. The summed E-state index contributed by atoms with van der Waals surface area (Å²) in [6.07, 6.45) is 0. The number of rotatable bonds is 5. The van der Waals surface area contributed by atoms with Gasteiger partial charge in [0.2, 0.25) is 0 Å². The smallest absolute Gasteiger partial charge is 0.123 e. The molecule has 0 amide bonds. The van der Waals surface area contributed by atoms with Crippen molar-refractivity contribution in [2.75, 3.05) is 0 Å². The summed E-state index contributed by atoms with van der Waals surface area (Å²) in [5.41, 5.74) is 5.98. The van der Waals surface area contributed by atoms with E-state index >= 15 is 0 Å². The fourth-order valence-electron chi connectivity index (χ4n) is 2.94. The van der Waals surface area contributed by atoms with Gasteiger partial charge in [-0.15, -0.1) is 0 Å². The van der Waals surface area contributed by atoms with E-state index in [2.05, 4.69) is 80.4 Å². The molecule has 0 saturated heterocycles. The van der Waals surface area contributed by atoms with Crippen molar-refractivity contribution in [3.8, 4) is 0 Å². The van der Waals surface area contributed by atoms with Crippen LogP contribution in [0.25, 0.3) is 0 Å². The van der Waals surface area contributed by atoms with Crippen molar-refractivity contribution in [1.82, 2.24) is 0 Å². The molecule has 3 rings (SSSR count). The van der Waals surface area contributed by atoms with E-state index < -0.39 is 0 Å². The van der Waals surface area contributed by atoms with Crippen molar-refractivity contribution in [3.05, 3.63) is 106 Å². The Morgan fingerprint density at radius 2 is 1.17 bits per heavy atom. The average Bonchev–Trinajstić information content (AvgIpc) is 2.64. The molecule has 0 fully saturated rings. The largest absolute Gasteiger partial charge is 0.207 e. The molecule has 0 bridgehead atoms. The van der Waals surface area contributed by atoms with Crippen LogP contribution in [0.15, 0.2) is 72.8 Å². The Morgan fingerprint density at radius 1 is 0.667 bits per heavy atom. The molecular weight excluding hydrogens is 431 g/mol. The quantitative estimate of drug-likeness (QED) is 0.298. The Bertz CT molecular complexity index is 765. The standard InChI is InChI=1S/C21H17Br2F/c22-13-15-3-1-5-18(11-15)21(17-7-9-20(24)10-8-17)19-6-2-4-16(12-19)14-23/h1-12,21H,13-14H2. The first kappa shape index (κ1) is 17.4. The normalized spacial score (nSPS) is 11.0. The van der Waals surface area contributed by atoms with Gasteiger partial charge in [-0.05, 0) is 39.9 Å². The Morgan fingerprint density at radius 3 is 1.62 bits per heavy atom. The maximum atomic E-state index is 13.4. The number of hydrogen-bond acceptors (Lipinski definition) is 0. The lowest BCUT2D eigenvalue weighted by atomic mass is 9.84. The molecule has 0 radical (unpaired) electrons. The van der Waals surface area contributed by atoms with E-state index in [0.29, 0.717) is 0 Å². The molecule has 0 atom stereocenters. The SMILES string of the molecule is Fc1ccc(C(c2cccc(CBr)c2)c2cccc(CBr)c2)cc1. The Kier molecular flexibility index (Phi) is 5.85. The van der Waals surface area contributed by atoms with Crippen molar-refractivity contribution >= 4 is 31.9 Å². The van der Waals surface area contributed by atoms with Crippen molar-refractivity contribution in [2.45, 2.75) is 16.6 Å². The lowest BCUT2D eigenvalue weighted by Crippen LogP contribution is -2.04. The van der Waals surface area contributed by atoms with Crippen molar-refractivity contribution in [3.63, 3.8) is 0 Å². The fourth-order valence-corrected chi connectivity index (χ4v) is 3.64. The third-order valence-corrected chi connectivity index (χ3v) is 5.38. The predicted molar refractivity (Wildman–Crippen MR) is 105 cm³/mol. The highest BCUT2D eigenvalue weighted by molar-refractivity contribution is 9.08. The second-order valence-corrected chi connectivity index (χ2v) is 6.86. The van der Waals surface area contributed by atoms with Gasteiger partial charge in [0.25, 0.3) is 0 Å². The highest BCUT2D eigenvalue weighted by Gasteiger charge is 2.17. The molecule has 24 heavy (non-hydrogen) atoms. The van der Waals surface area contributed by atoms with E-state index in [1.807, 2.05) is 12.1 Å². The molecule has 0 aliphatic carbocycles. The lowest BCUT2D eigenvalue weighted by molar-refractivity contribution is 0.627. The Balaban J connectivity index is 2.14. The van der Waals surface area contributed by atoms with Crippen molar-refractivity contribution in [2.24, 2.45) is 0 Å². The summed E-state index contributed by atoms with van der Waals surface area (Å²) in [7, 11) is 0. The highest BCUT2D eigenvalue weighted by Crippen LogP contribution is 2.33. The van der Waals surface area contributed by atoms with Crippen LogP contribution in [0.1, 0.15) is 33.7 Å². The van der Waals surface area contributed by atoms with Crippen LogP contribution < -0.4 is 0 Å². The van der Waals surface area contributed by atoms with Gasteiger partial charge in [0.1, 0.15) is 5.82 Å². The molecule has 3 aromatic carbocycles. The van der Waals surface area contributed by atoms with Crippen LogP contribution in [0.3, 0.4) is 0 Å². The third kappa shape index (κ3) is 3.96. The van der Waals surface area contributed by atoms with E-state index in [9.17, 15) is 4.39 Å². The summed E-state index contributed by atoms with van der Waals surface area (Å²) in [5, 5.41) is 1.64. The van der Waals surface area contributed by atoms with Crippen molar-refractivity contribution in [1.29, 1.82) is 0 Å². The minimum absolute atomic E-state index is 0.0867. The highest BCUT2D eigenvalue weighted by atomic mass is 79.9. The van der Waals surface area contributed by atoms with E-state index in [-0.39, 0.29) is 11.7 Å². The summed E-state index contributed by atoms with van der Waals surface area (Å²) in [5.74, 6) is -0.121. The second-order valence-electron chi connectivity index (χ2n) is 5.74. The second kappa shape index (κ2) is 8.09.